The molecule has 0 spiro atoms. The SMILES string of the molecule is CN(Cc1ccc(F)cc1)C(=O)CN1CCN(c2ccc([N+](=O)[O-])cc2)CC1. The number of carbonyl (C=O) groups excluding carboxylic acids is 1. The number of anilines is 1. The first kappa shape index (κ1) is 19.8. The molecule has 7 nitrogen and oxygen atoms in total. The lowest BCUT2D eigenvalue weighted by molar-refractivity contribution is -0.384. The molecule has 28 heavy (non-hydrogen) atoms. The van der Waals surface area contributed by atoms with Gasteiger partial charge in [-0.05, 0) is 29.8 Å². The number of non-ortho nitro benzene ring substituents is 1. The summed E-state index contributed by atoms with van der Waals surface area (Å²) in [5.41, 5.74) is 1.92. The van der Waals surface area contributed by atoms with Gasteiger partial charge in [0.1, 0.15) is 5.82 Å². The predicted molar refractivity (Wildman–Crippen MR) is 105 cm³/mol. The molecule has 1 saturated heterocycles. The fraction of sp³-hybridized carbons (Fsp3) is 0.350. The van der Waals surface area contributed by atoms with Gasteiger partial charge >= 0.3 is 0 Å². The number of rotatable bonds is 6. The highest BCUT2D eigenvalue weighted by Crippen LogP contribution is 2.20. The fourth-order valence-electron chi connectivity index (χ4n) is 3.21. The van der Waals surface area contributed by atoms with Crippen molar-refractivity contribution in [2.45, 2.75) is 6.54 Å². The third-order valence-electron chi connectivity index (χ3n) is 4.92. The summed E-state index contributed by atoms with van der Waals surface area (Å²) in [6, 6.07) is 12.7. The lowest BCUT2D eigenvalue weighted by atomic mass is 10.2. The third-order valence-corrected chi connectivity index (χ3v) is 4.92. The Balaban J connectivity index is 1.47. The van der Waals surface area contributed by atoms with Crippen molar-refractivity contribution in [1.82, 2.24) is 9.80 Å². The summed E-state index contributed by atoms with van der Waals surface area (Å²) in [6.07, 6.45) is 0. The molecule has 1 aliphatic rings. The maximum Gasteiger partial charge on any atom is 0.269 e. The number of carbonyl (C=O) groups is 1. The Morgan fingerprint density at radius 1 is 1.07 bits per heavy atom. The van der Waals surface area contributed by atoms with E-state index in [4.69, 9.17) is 0 Å². The second kappa shape index (κ2) is 8.79. The molecule has 1 amide bonds. The maximum absolute atomic E-state index is 13.0. The summed E-state index contributed by atoms with van der Waals surface area (Å²) in [5, 5.41) is 10.8. The summed E-state index contributed by atoms with van der Waals surface area (Å²) in [6.45, 7) is 3.79. The second-order valence-corrected chi connectivity index (χ2v) is 6.91. The molecule has 3 rings (SSSR count). The molecule has 1 fully saturated rings. The molecule has 0 N–H and O–H groups in total. The number of nitrogens with zero attached hydrogens (tertiary/aromatic N) is 4. The van der Waals surface area contributed by atoms with E-state index in [1.54, 1.807) is 36.2 Å². The molecule has 0 bridgehead atoms. The van der Waals surface area contributed by atoms with Gasteiger partial charge in [-0.25, -0.2) is 4.39 Å². The zero-order valence-corrected chi connectivity index (χ0v) is 15.8. The standard InChI is InChI=1S/C20H23FN4O3/c1-22(14-16-2-4-17(21)5-3-16)20(26)15-23-10-12-24(13-11-23)18-6-8-19(9-7-18)25(27)28/h2-9H,10-15H2,1H3. The van der Waals surface area contributed by atoms with E-state index in [-0.39, 0.29) is 17.4 Å². The minimum atomic E-state index is -0.407. The summed E-state index contributed by atoms with van der Waals surface area (Å²) >= 11 is 0. The molecule has 0 atom stereocenters. The molecule has 148 valence electrons. The van der Waals surface area contributed by atoms with Gasteiger partial charge in [0.05, 0.1) is 11.5 Å². The predicted octanol–water partition coefficient (Wildman–Crippen LogP) is 2.51. The van der Waals surface area contributed by atoms with Crippen molar-refractivity contribution < 1.29 is 14.1 Å². The van der Waals surface area contributed by atoms with Gasteiger partial charge in [-0.15, -0.1) is 0 Å². The largest absolute Gasteiger partial charge is 0.369 e. The number of hydrogen-bond donors (Lipinski definition) is 0. The van der Waals surface area contributed by atoms with Crippen LogP contribution in [0, 0.1) is 15.9 Å². The summed E-state index contributed by atoms with van der Waals surface area (Å²) in [4.78, 5) is 28.7. The van der Waals surface area contributed by atoms with Crippen molar-refractivity contribution in [1.29, 1.82) is 0 Å². The number of halogens is 1. The van der Waals surface area contributed by atoms with Gasteiger partial charge in [-0.3, -0.25) is 19.8 Å². The van der Waals surface area contributed by atoms with E-state index < -0.39 is 4.92 Å². The Bertz CT molecular complexity index is 818. The van der Waals surface area contributed by atoms with Gasteiger partial charge in [0.15, 0.2) is 0 Å². The van der Waals surface area contributed by atoms with Crippen LogP contribution in [-0.4, -0.2) is 60.4 Å². The number of nitro groups is 1. The van der Waals surface area contributed by atoms with Crippen LogP contribution < -0.4 is 4.90 Å². The van der Waals surface area contributed by atoms with Crippen LogP contribution in [0.2, 0.25) is 0 Å². The zero-order chi connectivity index (χ0) is 20.1. The Labute approximate surface area is 163 Å². The molecule has 0 radical (unpaired) electrons. The Kier molecular flexibility index (Phi) is 6.20. The Hall–Kier alpha value is -3.00. The molecular weight excluding hydrogens is 363 g/mol. The molecule has 0 aliphatic carbocycles. The lowest BCUT2D eigenvalue weighted by Gasteiger charge is -2.36. The second-order valence-electron chi connectivity index (χ2n) is 6.91. The average Bonchev–Trinajstić information content (AvgIpc) is 2.70. The van der Waals surface area contributed by atoms with Crippen LogP contribution >= 0.6 is 0 Å². The highest BCUT2D eigenvalue weighted by Gasteiger charge is 2.21. The van der Waals surface area contributed by atoms with Crippen LogP contribution in [0.5, 0.6) is 0 Å². The lowest BCUT2D eigenvalue weighted by Crippen LogP contribution is -2.49. The first-order valence-corrected chi connectivity index (χ1v) is 9.12. The number of piperazine rings is 1. The van der Waals surface area contributed by atoms with Crippen LogP contribution in [0.1, 0.15) is 5.56 Å². The topological polar surface area (TPSA) is 69.9 Å². The van der Waals surface area contributed by atoms with E-state index in [2.05, 4.69) is 9.80 Å². The van der Waals surface area contributed by atoms with E-state index >= 15 is 0 Å². The van der Waals surface area contributed by atoms with Crippen molar-refractivity contribution in [3.05, 3.63) is 70.0 Å². The van der Waals surface area contributed by atoms with Gasteiger partial charge in [-0.2, -0.15) is 0 Å². The van der Waals surface area contributed by atoms with Gasteiger partial charge in [-0.1, -0.05) is 12.1 Å². The van der Waals surface area contributed by atoms with Crippen LogP contribution in [0.3, 0.4) is 0 Å². The molecule has 1 heterocycles. The van der Waals surface area contributed by atoms with Crippen molar-refractivity contribution >= 4 is 17.3 Å². The Morgan fingerprint density at radius 2 is 1.68 bits per heavy atom. The summed E-state index contributed by atoms with van der Waals surface area (Å²) < 4.78 is 13.0. The van der Waals surface area contributed by atoms with Gasteiger partial charge in [0, 0.05) is 57.6 Å². The summed E-state index contributed by atoms with van der Waals surface area (Å²) in [7, 11) is 1.75. The number of nitro benzene ring substituents is 1. The minimum Gasteiger partial charge on any atom is -0.369 e. The molecule has 0 aromatic heterocycles. The highest BCUT2D eigenvalue weighted by molar-refractivity contribution is 5.78. The van der Waals surface area contributed by atoms with Crippen molar-refractivity contribution in [3.8, 4) is 0 Å². The van der Waals surface area contributed by atoms with Crippen LogP contribution in [0.15, 0.2) is 48.5 Å². The first-order valence-electron chi connectivity index (χ1n) is 9.12. The van der Waals surface area contributed by atoms with Gasteiger partial charge < -0.3 is 9.80 Å². The smallest absolute Gasteiger partial charge is 0.269 e. The Morgan fingerprint density at radius 3 is 2.25 bits per heavy atom. The van der Waals surface area contributed by atoms with E-state index in [1.165, 1.54) is 24.3 Å². The molecule has 8 heteroatoms. The van der Waals surface area contributed by atoms with E-state index in [9.17, 15) is 19.3 Å². The molecule has 1 aliphatic heterocycles. The normalized spacial score (nSPS) is 14.7. The molecule has 0 saturated carbocycles. The van der Waals surface area contributed by atoms with Gasteiger partial charge in [0.2, 0.25) is 5.91 Å². The van der Waals surface area contributed by atoms with E-state index in [0.29, 0.717) is 13.1 Å². The van der Waals surface area contributed by atoms with Crippen LogP contribution in [0.4, 0.5) is 15.8 Å². The maximum atomic E-state index is 13.0. The van der Waals surface area contributed by atoms with Crippen LogP contribution in [0.25, 0.3) is 0 Å². The van der Waals surface area contributed by atoms with E-state index in [1.807, 2.05) is 0 Å². The minimum absolute atomic E-state index is 0.0214. The number of amides is 1. The monoisotopic (exact) mass is 386 g/mol. The molecule has 2 aromatic carbocycles. The molecule has 2 aromatic rings. The van der Waals surface area contributed by atoms with E-state index in [0.717, 1.165) is 37.4 Å². The third kappa shape index (κ3) is 5.04. The number of benzene rings is 2. The first-order chi connectivity index (χ1) is 13.4. The highest BCUT2D eigenvalue weighted by atomic mass is 19.1. The molecular formula is C20H23FN4O3. The summed E-state index contributed by atoms with van der Waals surface area (Å²) in [5.74, 6) is -0.267. The zero-order valence-electron chi connectivity index (χ0n) is 15.8. The van der Waals surface area contributed by atoms with Crippen LogP contribution in [-0.2, 0) is 11.3 Å². The number of likely N-dealkylation sites (N-methyl/N-ethyl adjacent to an activating group) is 1. The van der Waals surface area contributed by atoms with Crippen molar-refractivity contribution in [2.75, 3.05) is 44.7 Å². The fourth-order valence-corrected chi connectivity index (χ4v) is 3.21. The number of hydrogen-bond acceptors (Lipinski definition) is 5. The van der Waals surface area contributed by atoms with Gasteiger partial charge in [0.25, 0.3) is 5.69 Å². The molecule has 0 unspecified atom stereocenters. The average molecular weight is 386 g/mol. The van der Waals surface area contributed by atoms with Crippen molar-refractivity contribution in [3.63, 3.8) is 0 Å². The van der Waals surface area contributed by atoms with Crippen molar-refractivity contribution in [2.24, 2.45) is 0 Å². The quantitative estimate of drug-likeness (QED) is 0.564.